The molecular weight excluding hydrogens is 447 g/mol. The van der Waals surface area contributed by atoms with E-state index in [1.54, 1.807) is 37.3 Å². The van der Waals surface area contributed by atoms with Crippen molar-refractivity contribution in [2.75, 3.05) is 0 Å². The number of carbonyl (C=O) groups excluding carboxylic acids is 1. The summed E-state index contributed by atoms with van der Waals surface area (Å²) in [4.78, 5) is 21.6. The lowest BCUT2D eigenvalue weighted by Gasteiger charge is -2.24. The highest BCUT2D eigenvalue weighted by Gasteiger charge is 2.32. The molecule has 1 aliphatic rings. The molecular formula is C25H20F3N3O3. The average Bonchev–Trinajstić information content (AvgIpc) is 2.77. The number of nitrogens with zero attached hydrogens (tertiary/aromatic N) is 2. The average molecular weight is 467 g/mol. The fourth-order valence-corrected chi connectivity index (χ4v) is 3.43. The normalized spacial score (nSPS) is 13.5. The van der Waals surface area contributed by atoms with Gasteiger partial charge in [-0.15, -0.1) is 0 Å². The number of aryl methyl sites for hydroxylation is 1. The van der Waals surface area contributed by atoms with E-state index in [9.17, 15) is 18.0 Å². The number of carbonyl (C=O) groups is 1. The Morgan fingerprint density at radius 2 is 1.88 bits per heavy atom. The molecule has 1 saturated carbocycles. The third-order valence-electron chi connectivity index (χ3n) is 5.61. The van der Waals surface area contributed by atoms with Crippen molar-refractivity contribution in [3.63, 3.8) is 0 Å². The fourth-order valence-electron chi connectivity index (χ4n) is 3.43. The standard InChI is InChI=1S/C25H20F3N3O3/c1-15-11-18(6-8-21(15)33-23-10-5-16(13-29)14-30-23)20-12-19(25(26,27)28)7-9-22(20)34-31-24(32)17-3-2-4-17/h5-12,14,17H,2-4H2,1H3,(H,31,32). The lowest BCUT2D eigenvalue weighted by molar-refractivity contribution is -0.138. The van der Waals surface area contributed by atoms with E-state index < -0.39 is 11.7 Å². The number of halogens is 3. The van der Waals surface area contributed by atoms with E-state index in [0.717, 1.165) is 31.4 Å². The van der Waals surface area contributed by atoms with Crippen molar-refractivity contribution in [2.24, 2.45) is 5.92 Å². The van der Waals surface area contributed by atoms with Crippen LogP contribution < -0.4 is 15.1 Å². The van der Waals surface area contributed by atoms with Crippen LogP contribution in [0.4, 0.5) is 13.2 Å². The van der Waals surface area contributed by atoms with Gasteiger partial charge >= 0.3 is 6.18 Å². The van der Waals surface area contributed by atoms with Crippen molar-refractivity contribution >= 4 is 5.91 Å². The van der Waals surface area contributed by atoms with Crippen molar-refractivity contribution in [1.29, 1.82) is 5.26 Å². The van der Waals surface area contributed by atoms with Crippen molar-refractivity contribution in [2.45, 2.75) is 32.4 Å². The Bertz CT molecular complexity index is 1250. The van der Waals surface area contributed by atoms with Crippen LogP contribution in [-0.2, 0) is 11.0 Å². The summed E-state index contributed by atoms with van der Waals surface area (Å²) in [6, 6.07) is 13.1. The van der Waals surface area contributed by atoms with Gasteiger partial charge in [-0.1, -0.05) is 12.5 Å². The topological polar surface area (TPSA) is 84.2 Å². The Balaban J connectivity index is 1.61. The number of nitrogens with one attached hydrogen (secondary N) is 1. The third kappa shape index (κ3) is 5.12. The molecule has 0 unspecified atom stereocenters. The maximum Gasteiger partial charge on any atom is 0.416 e. The van der Waals surface area contributed by atoms with Gasteiger partial charge in [-0.2, -0.15) is 23.9 Å². The zero-order chi connectivity index (χ0) is 24.3. The molecule has 9 heteroatoms. The van der Waals surface area contributed by atoms with Crippen LogP contribution in [0.3, 0.4) is 0 Å². The van der Waals surface area contributed by atoms with E-state index in [-0.39, 0.29) is 29.0 Å². The summed E-state index contributed by atoms with van der Waals surface area (Å²) < 4.78 is 45.9. The second-order valence-corrected chi connectivity index (χ2v) is 7.98. The van der Waals surface area contributed by atoms with Gasteiger partial charge in [-0.25, -0.2) is 4.98 Å². The first-order valence-electron chi connectivity index (χ1n) is 10.6. The third-order valence-corrected chi connectivity index (χ3v) is 5.61. The molecule has 174 valence electrons. The van der Waals surface area contributed by atoms with Gasteiger partial charge in [0.25, 0.3) is 5.91 Å². The van der Waals surface area contributed by atoms with Gasteiger partial charge < -0.3 is 9.57 Å². The van der Waals surface area contributed by atoms with Crippen molar-refractivity contribution in [3.8, 4) is 34.6 Å². The number of ether oxygens (including phenoxy) is 1. The van der Waals surface area contributed by atoms with Gasteiger partial charge in [0.15, 0.2) is 5.75 Å². The van der Waals surface area contributed by atoms with Crippen LogP contribution in [0.15, 0.2) is 54.7 Å². The summed E-state index contributed by atoms with van der Waals surface area (Å²) in [5.74, 6) is 0.409. The molecule has 6 nitrogen and oxygen atoms in total. The fraction of sp³-hybridized carbons (Fsp3) is 0.240. The molecule has 0 spiro atoms. The Morgan fingerprint density at radius 1 is 1.12 bits per heavy atom. The molecule has 2 aromatic carbocycles. The second kappa shape index (κ2) is 9.43. The van der Waals surface area contributed by atoms with Crippen molar-refractivity contribution in [1.82, 2.24) is 10.5 Å². The van der Waals surface area contributed by atoms with Crippen molar-refractivity contribution in [3.05, 3.63) is 71.4 Å². The number of hydrogen-bond acceptors (Lipinski definition) is 5. The predicted molar refractivity (Wildman–Crippen MR) is 117 cm³/mol. The van der Waals surface area contributed by atoms with Gasteiger partial charge in [0.05, 0.1) is 11.1 Å². The number of amides is 1. The van der Waals surface area contributed by atoms with Gasteiger partial charge in [0.2, 0.25) is 5.88 Å². The number of benzene rings is 2. The maximum atomic E-state index is 13.4. The van der Waals surface area contributed by atoms with Gasteiger partial charge in [0, 0.05) is 23.7 Å². The number of alkyl halides is 3. The quantitative estimate of drug-likeness (QED) is 0.453. The van der Waals surface area contributed by atoms with Crippen LogP contribution in [0.5, 0.6) is 17.4 Å². The largest absolute Gasteiger partial charge is 0.439 e. The van der Waals surface area contributed by atoms with Crippen LogP contribution >= 0.6 is 0 Å². The SMILES string of the molecule is Cc1cc(-c2cc(C(F)(F)F)ccc2ONC(=O)C2CCC2)ccc1Oc1ccc(C#N)cn1. The van der Waals surface area contributed by atoms with Crippen LogP contribution in [0.25, 0.3) is 11.1 Å². The molecule has 0 atom stereocenters. The number of hydrogen-bond donors (Lipinski definition) is 1. The first-order valence-corrected chi connectivity index (χ1v) is 10.6. The Morgan fingerprint density at radius 3 is 2.47 bits per heavy atom. The molecule has 1 heterocycles. The summed E-state index contributed by atoms with van der Waals surface area (Å²) >= 11 is 0. The van der Waals surface area contributed by atoms with E-state index in [1.807, 2.05) is 6.07 Å². The number of nitriles is 1. The highest BCUT2D eigenvalue weighted by Crippen LogP contribution is 2.39. The Hall–Kier alpha value is -4.06. The summed E-state index contributed by atoms with van der Waals surface area (Å²) in [6.45, 7) is 1.75. The molecule has 4 rings (SSSR count). The van der Waals surface area contributed by atoms with Crippen molar-refractivity contribution < 1.29 is 27.5 Å². The van der Waals surface area contributed by atoms with E-state index in [4.69, 9.17) is 14.8 Å². The minimum atomic E-state index is -4.54. The molecule has 34 heavy (non-hydrogen) atoms. The second-order valence-electron chi connectivity index (χ2n) is 7.98. The van der Waals surface area contributed by atoms with Gasteiger partial charge in [-0.3, -0.25) is 4.79 Å². The zero-order valence-electron chi connectivity index (χ0n) is 18.1. The molecule has 1 amide bonds. The van der Waals surface area contributed by atoms with E-state index in [2.05, 4.69) is 10.5 Å². The molecule has 0 aliphatic heterocycles. The van der Waals surface area contributed by atoms with Crippen LogP contribution in [0.2, 0.25) is 0 Å². The van der Waals surface area contributed by atoms with Gasteiger partial charge in [0.1, 0.15) is 11.8 Å². The maximum absolute atomic E-state index is 13.4. The molecule has 0 radical (unpaired) electrons. The van der Waals surface area contributed by atoms with Crippen LogP contribution in [0.1, 0.15) is 36.0 Å². The van der Waals surface area contributed by atoms with E-state index in [1.165, 1.54) is 12.3 Å². The van der Waals surface area contributed by atoms with Crippen LogP contribution in [0, 0.1) is 24.2 Å². The Kier molecular flexibility index (Phi) is 6.41. The van der Waals surface area contributed by atoms with Crippen LogP contribution in [-0.4, -0.2) is 10.9 Å². The van der Waals surface area contributed by atoms with E-state index in [0.29, 0.717) is 22.4 Å². The number of rotatable bonds is 6. The number of pyridine rings is 1. The summed E-state index contributed by atoms with van der Waals surface area (Å²) in [5.41, 5.74) is 3.19. The molecule has 0 saturated heterocycles. The summed E-state index contributed by atoms with van der Waals surface area (Å²) in [5, 5.41) is 8.87. The zero-order valence-corrected chi connectivity index (χ0v) is 18.1. The monoisotopic (exact) mass is 467 g/mol. The minimum absolute atomic E-state index is 0.0995. The predicted octanol–water partition coefficient (Wildman–Crippen LogP) is 5.95. The minimum Gasteiger partial charge on any atom is -0.439 e. The first-order chi connectivity index (χ1) is 16.2. The van der Waals surface area contributed by atoms with Gasteiger partial charge in [-0.05, 0) is 67.3 Å². The molecule has 1 aromatic heterocycles. The number of hydroxylamine groups is 1. The lowest BCUT2D eigenvalue weighted by Crippen LogP contribution is -2.36. The smallest absolute Gasteiger partial charge is 0.416 e. The Labute approximate surface area is 193 Å². The molecule has 1 aliphatic carbocycles. The lowest BCUT2D eigenvalue weighted by atomic mass is 9.85. The van der Waals surface area contributed by atoms with E-state index >= 15 is 0 Å². The number of aromatic nitrogens is 1. The summed E-state index contributed by atoms with van der Waals surface area (Å²) in [7, 11) is 0. The highest BCUT2D eigenvalue weighted by atomic mass is 19.4. The molecule has 0 bridgehead atoms. The summed E-state index contributed by atoms with van der Waals surface area (Å²) in [6.07, 6.45) is -0.659. The molecule has 3 aromatic rings. The molecule has 1 fully saturated rings. The highest BCUT2D eigenvalue weighted by molar-refractivity contribution is 5.79. The first kappa shape index (κ1) is 23.1. The molecule has 1 N–H and O–H groups in total.